The Bertz CT molecular complexity index is 451. The molecule has 1 aromatic rings. The molecule has 110 valence electrons. The highest BCUT2D eigenvalue weighted by atomic mass is 127. The minimum Gasteiger partial charge on any atom is -0.370 e. The van der Waals surface area contributed by atoms with E-state index in [4.69, 9.17) is 11.0 Å². The van der Waals surface area contributed by atoms with Gasteiger partial charge in [0.05, 0.1) is 18.2 Å². The summed E-state index contributed by atoms with van der Waals surface area (Å²) in [6, 6.07) is 9.53. The number of guanidine groups is 1. The van der Waals surface area contributed by atoms with E-state index in [9.17, 15) is 0 Å². The van der Waals surface area contributed by atoms with E-state index in [2.05, 4.69) is 23.3 Å². The van der Waals surface area contributed by atoms with Crippen molar-refractivity contribution in [2.75, 3.05) is 6.54 Å². The number of nitrogens with zero attached hydrogens (tertiary/aromatic N) is 2. The van der Waals surface area contributed by atoms with Crippen LogP contribution in [0.1, 0.15) is 43.7 Å². The van der Waals surface area contributed by atoms with Crippen molar-refractivity contribution in [3.8, 4) is 6.07 Å². The lowest BCUT2D eigenvalue weighted by atomic mass is 10.1. The molecule has 5 heteroatoms. The lowest BCUT2D eigenvalue weighted by molar-refractivity contribution is 0.652. The van der Waals surface area contributed by atoms with Gasteiger partial charge < -0.3 is 11.1 Å². The molecule has 0 radical (unpaired) electrons. The van der Waals surface area contributed by atoms with Crippen molar-refractivity contribution in [3.63, 3.8) is 0 Å². The highest BCUT2D eigenvalue weighted by Crippen LogP contribution is 2.05. The van der Waals surface area contributed by atoms with E-state index in [0.29, 0.717) is 18.1 Å². The smallest absolute Gasteiger partial charge is 0.188 e. The number of hydrogen-bond donors (Lipinski definition) is 2. The van der Waals surface area contributed by atoms with Gasteiger partial charge in [0, 0.05) is 6.54 Å². The first kappa shape index (κ1) is 18.7. The Morgan fingerprint density at radius 1 is 1.35 bits per heavy atom. The molecule has 0 bridgehead atoms. The van der Waals surface area contributed by atoms with Crippen molar-refractivity contribution < 1.29 is 0 Å². The molecule has 0 aliphatic carbocycles. The highest BCUT2D eigenvalue weighted by molar-refractivity contribution is 14.0. The van der Waals surface area contributed by atoms with Crippen LogP contribution in [0, 0.1) is 11.3 Å². The van der Waals surface area contributed by atoms with E-state index in [-0.39, 0.29) is 24.0 Å². The molecule has 0 aliphatic heterocycles. The fraction of sp³-hybridized carbons (Fsp3) is 0.467. The second-order valence-electron chi connectivity index (χ2n) is 4.50. The van der Waals surface area contributed by atoms with E-state index in [1.165, 1.54) is 19.3 Å². The maximum atomic E-state index is 8.80. The Morgan fingerprint density at radius 3 is 2.85 bits per heavy atom. The maximum Gasteiger partial charge on any atom is 0.188 e. The normalized spacial score (nSPS) is 10.5. The van der Waals surface area contributed by atoms with Gasteiger partial charge in [0.15, 0.2) is 5.96 Å². The summed E-state index contributed by atoms with van der Waals surface area (Å²) in [5.74, 6) is 0.471. The third kappa shape index (κ3) is 8.00. The Balaban J connectivity index is 0.00000361. The minimum atomic E-state index is 0. The SMILES string of the molecule is CCCCCCNC(N)=NCc1cccc(C#N)c1.I. The number of halogens is 1. The Labute approximate surface area is 138 Å². The van der Waals surface area contributed by atoms with Gasteiger partial charge in [-0.05, 0) is 24.1 Å². The van der Waals surface area contributed by atoms with Crippen molar-refractivity contribution in [1.82, 2.24) is 5.32 Å². The standard InChI is InChI=1S/C15H22N4.HI/c1-2-3-4-5-9-18-15(17)19-12-14-8-6-7-13(10-14)11-16;/h6-8,10H,2-5,9,12H2,1H3,(H3,17,18,19);1H. The summed E-state index contributed by atoms with van der Waals surface area (Å²) < 4.78 is 0. The van der Waals surface area contributed by atoms with Crippen molar-refractivity contribution in [3.05, 3.63) is 35.4 Å². The lowest BCUT2D eigenvalue weighted by Gasteiger charge is -2.05. The number of benzene rings is 1. The molecule has 0 heterocycles. The molecule has 1 aromatic carbocycles. The molecule has 0 saturated carbocycles. The fourth-order valence-corrected chi connectivity index (χ4v) is 1.74. The molecule has 0 fully saturated rings. The summed E-state index contributed by atoms with van der Waals surface area (Å²) in [5, 5.41) is 11.9. The van der Waals surface area contributed by atoms with Crippen molar-refractivity contribution in [2.24, 2.45) is 10.7 Å². The number of nitrogens with one attached hydrogen (secondary N) is 1. The van der Waals surface area contributed by atoms with Crippen LogP contribution in [-0.4, -0.2) is 12.5 Å². The zero-order chi connectivity index (χ0) is 13.9. The molecule has 0 aliphatic rings. The molecule has 3 N–H and O–H groups in total. The molecular formula is C15H23IN4. The summed E-state index contributed by atoms with van der Waals surface area (Å²) >= 11 is 0. The Kier molecular flexibility index (Phi) is 10.8. The molecule has 0 atom stereocenters. The zero-order valence-electron chi connectivity index (χ0n) is 11.9. The molecule has 0 aromatic heterocycles. The number of nitrogens with two attached hydrogens (primary N) is 1. The van der Waals surface area contributed by atoms with Crippen LogP contribution in [0.25, 0.3) is 0 Å². The molecular weight excluding hydrogens is 363 g/mol. The van der Waals surface area contributed by atoms with Crippen LogP contribution in [0.3, 0.4) is 0 Å². The molecule has 1 rings (SSSR count). The minimum absolute atomic E-state index is 0. The number of hydrogen-bond acceptors (Lipinski definition) is 2. The Morgan fingerprint density at radius 2 is 2.15 bits per heavy atom. The lowest BCUT2D eigenvalue weighted by Crippen LogP contribution is -2.32. The monoisotopic (exact) mass is 386 g/mol. The third-order valence-electron chi connectivity index (χ3n) is 2.82. The average Bonchev–Trinajstić information content (AvgIpc) is 2.45. The van der Waals surface area contributed by atoms with E-state index in [0.717, 1.165) is 18.5 Å². The number of aliphatic imine (C=N–C) groups is 1. The maximum absolute atomic E-state index is 8.80. The summed E-state index contributed by atoms with van der Waals surface area (Å²) in [6.07, 6.45) is 4.84. The first-order valence-electron chi connectivity index (χ1n) is 6.79. The molecule has 0 unspecified atom stereocenters. The first-order valence-corrected chi connectivity index (χ1v) is 6.79. The average molecular weight is 386 g/mol. The molecule has 0 spiro atoms. The van der Waals surface area contributed by atoms with Gasteiger partial charge in [-0.15, -0.1) is 24.0 Å². The van der Waals surface area contributed by atoms with Gasteiger partial charge >= 0.3 is 0 Å². The third-order valence-corrected chi connectivity index (χ3v) is 2.82. The van der Waals surface area contributed by atoms with Gasteiger partial charge in [-0.2, -0.15) is 5.26 Å². The summed E-state index contributed by atoms with van der Waals surface area (Å²) in [5.41, 5.74) is 7.43. The second kappa shape index (κ2) is 11.5. The Hall–Kier alpha value is -1.29. The molecule has 20 heavy (non-hydrogen) atoms. The first-order chi connectivity index (χ1) is 9.26. The number of nitriles is 1. The van der Waals surface area contributed by atoms with Crippen LogP contribution in [-0.2, 0) is 6.54 Å². The fourth-order valence-electron chi connectivity index (χ4n) is 1.74. The van der Waals surface area contributed by atoms with Crippen LogP contribution < -0.4 is 11.1 Å². The summed E-state index contributed by atoms with van der Waals surface area (Å²) in [7, 11) is 0. The number of unbranched alkanes of at least 4 members (excludes halogenated alkanes) is 3. The van der Waals surface area contributed by atoms with Crippen molar-refractivity contribution in [2.45, 2.75) is 39.2 Å². The van der Waals surface area contributed by atoms with E-state index in [1.54, 1.807) is 6.07 Å². The van der Waals surface area contributed by atoms with Gasteiger partial charge in [0.25, 0.3) is 0 Å². The summed E-state index contributed by atoms with van der Waals surface area (Å²) in [4.78, 5) is 4.26. The van der Waals surface area contributed by atoms with Gasteiger partial charge in [-0.1, -0.05) is 38.3 Å². The van der Waals surface area contributed by atoms with Crippen LogP contribution in [0.2, 0.25) is 0 Å². The van der Waals surface area contributed by atoms with E-state index < -0.39 is 0 Å². The van der Waals surface area contributed by atoms with E-state index in [1.807, 2.05) is 18.2 Å². The van der Waals surface area contributed by atoms with Gasteiger partial charge in [0.2, 0.25) is 0 Å². The molecule has 0 saturated heterocycles. The molecule has 0 amide bonds. The van der Waals surface area contributed by atoms with Crippen LogP contribution >= 0.6 is 24.0 Å². The zero-order valence-corrected chi connectivity index (χ0v) is 14.3. The topological polar surface area (TPSA) is 74.2 Å². The van der Waals surface area contributed by atoms with Crippen LogP contribution in [0.4, 0.5) is 0 Å². The van der Waals surface area contributed by atoms with Crippen LogP contribution in [0.5, 0.6) is 0 Å². The molecule has 4 nitrogen and oxygen atoms in total. The van der Waals surface area contributed by atoms with Gasteiger partial charge in [-0.25, -0.2) is 4.99 Å². The second-order valence-corrected chi connectivity index (χ2v) is 4.50. The number of rotatable bonds is 7. The van der Waals surface area contributed by atoms with Crippen molar-refractivity contribution >= 4 is 29.9 Å². The van der Waals surface area contributed by atoms with Crippen molar-refractivity contribution in [1.29, 1.82) is 5.26 Å². The predicted octanol–water partition coefficient (Wildman–Crippen LogP) is 3.16. The van der Waals surface area contributed by atoms with Crippen LogP contribution in [0.15, 0.2) is 29.3 Å². The highest BCUT2D eigenvalue weighted by Gasteiger charge is 1.95. The largest absolute Gasteiger partial charge is 0.370 e. The van der Waals surface area contributed by atoms with E-state index >= 15 is 0 Å². The van der Waals surface area contributed by atoms with Gasteiger partial charge in [-0.3, -0.25) is 0 Å². The quantitative estimate of drug-likeness (QED) is 0.327. The summed E-state index contributed by atoms with van der Waals surface area (Å²) in [6.45, 7) is 3.56. The predicted molar refractivity (Wildman–Crippen MR) is 94.0 cm³/mol. The van der Waals surface area contributed by atoms with Gasteiger partial charge in [0.1, 0.15) is 0 Å².